The molecular formula is C39H36N5OPt-3. The molecule has 0 bridgehead atoms. The number of aromatic nitrogens is 3. The first-order valence-electron chi connectivity index (χ1n) is 15.2. The Morgan fingerprint density at radius 3 is 2.30 bits per heavy atom. The molecule has 0 spiro atoms. The third-order valence-electron chi connectivity index (χ3n) is 8.37. The van der Waals surface area contributed by atoms with Crippen molar-refractivity contribution in [1.29, 1.82) is 0 Å². The Bertz CT molecular complexity index is 2050. The number of benzene rings is 4. The van der Waals surface area contributed by atoms with Crippen LogP contribution in [0.5, 0.6) is 11.5 Å². The maximum absolute atomic E-state index is 6.58. The minimum atomic E-state index is -0.00651. The molecule has 2 aromatic heterocycles. The molecule has 3 heterocycles. The van der Waals surface area contributed by atoms with Gasteiger partial charge < -0.3 is 14.5 Å². The molecule has 0 amide bonds. The number of hydrogen-bond donors (Lipinski definition) is 0. The van der Waals surface area contributed by atoms with E-state index in [0.29, 0.717) is 11.5 Å². The molecule has 0 fully saturated rings. The van der Waals surface area contributed by atoms with Crippen LogP contribution in [-0.4, -0.2) is 21.8 Å². The van der Waals surface area contributed by atoms with E-state index in [1.54, 1.807) is 0 Å². The molecule has 1 aliphatic heterocycles. The van der Waals surface area contributed by atoms with Gasteiger partial charge in [0.1, 0.15) is 0 Å². The number of hydrogen-bond acceptors (Lipinski definition) is 5. The molecule has 1 aliphatic rings. The fraction of sp³-hybridized carbons (Fsp3) is 0.205. The molecule has 236 valence electrons. The van der Waals surface area contributed by atoms with Crippen LogP contribution in [0, 0.1) is 39.6 Å². The van der Waals surface area contributed by atoms with Crippen molar-refractivity contribution in [2.24, 2.45) is 0 Å². The van der Waals surface area contributed by atoms with E-state index in [1.807, 2.05) is 29.2 Å². The zero-order valence-electron chi connectivity index (χ0n) is 27.1. The molecular weight excluding hydrogens is 750 g/mol. The Kier molecular flexibility index (Phi) is 8.28. The van der Waals surface area contributed by atoms with Crippen LogP contribution in [0.15, 0.2) is 85.2 Å². The fourth-order valence-electron chi connectivity index (χ4n) is 6.23. The third kappa shape index (κ3) is 5.83. The van der Waals surface area contributed by atoms with Gasteiger partial charge in [0.2, 0.25) is 0 Å². The SMILES string of the molecule is Cc1cc(C)c(-c2cc(Oc3[c-]c4c(cc3)cnn4-c3cc(C(C)(C)C)ccn3)[c-]c(N3[CH-]N(C)c4ccccc43)c2)c(C)c1.[Pt]. The average Bonchev–Trinajstić information content (AvgIpc) is 3.57. The van der Waals surface area contributed by atoms with Crippen molar-refractivity contribution in [3.63, 3.8) is 0 Å². The van der Waals surface area contributed by atoms with Gasteiger partial charge in [0.25, 0.3) is 0 Å². The number of ether oxygens (including phenoxy) is 1. The molecule has 6 nitrogen and oxygen atoms in total. The van der Waals surface area contributed by atoms with Gasteiger partial charge in [0.05, 0.1) is 0 Å². The standard InChI is InChI=1S/C39H36N5O.Pt/c1-25-16-26(2)38(27(3)17-25)29-18-31(43-24-42(7)34-10-8-9-11-35(34)43)21-33(19-29)45-32-13-12-28-23-41-44(36(28)22-32)37-20-30(14-15-40-37)39(4,5)6;/h8-20,23-24H,1-7H3;/q-3;. The average molecular weight is 786 g/mol. The molecule has 7 rings (SSSR count). The van der Waals surface area contributed by atoms with Gasteiger partial charge in [-0.1, -0.05) is 56.0 Å². The van der Waals surface area contributed by atoms with Gasteiger partial charge in [-0.2, -0.15) is 17.8 Å². The number of pyridine rings is 1. The summed E-state index contributed by atoms with van der Waals surface area (Å²) >= 11 is 0. The minimum Gasteiger partial charge on any atom is -0.509 e. The number of aryl methyl sites for hydroxylation is 3. The molecule has 0 atom stereocenters. The van der Waals surface area contributed by atoms with E-state index in [1.165, 1.54) is 27.8 Å². The minimum absolute atomic E-state index is 0. The first-order chi connectivity index (χ1) is 21.5. The summed E-state index contributed by atoms with van der Waals surface area (Å²) in [4.78, 5) is 8.92. The quantitative estimate of drug-likeness (QED) is 0.163. The first kappa shape index (κ1) is 31.6. The molecule has 0 unspecified atom stereocenters. The van der Waals surface area contributed by atoms with E-state index >= 15 is 0 Å². The molecule has 0 saturated heterocycles. The number of rotatable bonds is 5. The van der Waals surface area contributed by atoms with Crippen LogP contribution in [0.2, 0.25) is 0 Å². The van der Waals surface area contributed by atoms with Gasteiger partial charge in [-0.05, 0) is 85.3 Å². The maximum atomic E-state index is 6.58. The summed E-state index contributed by atoms with van der Waals surface area (Å²) in [5, 5.41) is 5.62. The van der Waals surface area contributed by atoms with Crippen LogP contribution >= 0.6 is 0 Å². The van der Waals surface area contributed by atoms with E-state index in [-0.39, 0.29) is 26.5 Å². The molecule has 0 saturated carbocycles. The second-order valence-electron chi connectivity index (χ2n) is 12.9. The maximum Gasteiger partial charge on any atom is 0.151 e. The second-order valence-corrected chi connectivity index (χ2v) is 12.9. The van der Waals surface area contributed by atoms with Crippen molar-refractivity contribution in [2.75, 3.05) is 16.8 Å². The van der Waals surface area contributed by atoms with Crippen LogP contribution in [0.4, 0.5) is 17.1 Å². The molecule has 0 N–H and O–H groups in total. The predicted molar refractivity (Wildman–Crippen MR) is 183 cm³/mol. The number of fused-ring (bicyclic) bond motifs is 2. The Morgan fingerprint density at radius 1 is 0.826 bits per heavy atom. The summed E-state index contributed by atoms with van der Waals surface area (Å²) in [5.74, 6) is 1.94. The van der Waals surface area contributed by atoms with E-state index < -0.39 is 0 Å². The Hall–Kier alpha value is -4.41. The van der Waals surface area contributed by atoms with E-state index in [9.17, 15) is 0 Å². The van der Waals surface area contributed by atoms with Crippen LogP contribution in [0.3, 0.4) is 0 Å². The number of anilines is 3. The van der Waals surface area contributed by atoms with Gasteiger partial charge >= 0.3 is 0 Å². The summed E-state index contributed by atoms with van der Waals surface area (Å²) < 4.78 is 8.41. The van der Waals surface area contributed by atoms with Gasteiger partial charge in [0, 0.05) is 56.3 Å². The smallest absolute Gasteiger partial charge is 0.151 e. The summed E-state index contributed by atoms with van der Waals surface area (Å²) in [5.41, 5.74) is 11.1. The van der Waals surface area contributed by atoms with Gasteiger partial charge in [-0.3, -0.25) is 0 Å². The monoisotopic (exact) mass is 785 g/mol. The Labute approximate surface area is 285 Å². The number of nitrogens with zero attached hydrogens (tertiary/aromatic N) is 5. The Balaban J connectivity index is 0.00000372. The van der Waals surface area contributed by atoms with Crippen LogP contribution in [-0.2, 0) is 26.5 Å². The summed E-state index contributed by atoms with van der Waals surface area (Å²) in [6.07, 6.45) is 3.68. The third-order valence-corrected chi connectivity index (χ3v) is 8.37. The zero-order valence-corrected chi connectivity index (χ0v) is 29.4. The largest absolute Gasteiger partial charge is 0.509 e. The van der Waals surface area contributed by atoms with Gasteiger partial charge in [-0.15, -0.1) is 41.6 Å². The van der Waals surface area contributed by atoms with Crippen molar-refractivity contribution in [3.05, 3.63) is 126 Å². The molecule has 0 aliphatic carbocycles. The Morgan fingerprint density at radius 2 is 1.57 bits per heavy atom. The fourth-order valence-corrected chi connectivity index (χ4v) is 6.23. The van der Waals surface area contributed by atoms with Crippen LogP contribution in [0.25, 0.3) is 27.8 Å². The first-order valence-corrected chi connectivity index (χ1v) is 15.2. The van der Waals surface area contributed by atoms with Crippen LogP contribution in [0.1, 0.15) is 43.0 Å². The van der Waals surface area contributed by atoms with Crippen molar-refractivity contribution >= 4 is 28.0 Å². The van der Waals surface area contributed by atoms with E-state index in [2.05, 4.69) is 148 Å². The van der Waals surface area contributed by atoms with Crippen LogP contribution < -0.4 is 14.5 Å². The zero-order chi connectivity index (χ0) is 31.5. The van der Waals surface area contributed by atoms with E-state index in [4.69, 9.17) is 4.74 Å². The van der Waals surface area contributed by atoms with E-state index in [0.717, 1.165) is 39.3 Å². The molecule has 46 heavy (non-hydrogen) atoms. The van der Waals surface area contributed by atoms with Crippen molar-refractivity contribution in [3.8, 4) is 28.4 Å². The molecule has 4 aromatic carbocycles. The van der Waals surface area contributed by atoms with Gasteiger partial charge in [0.15, 0.2) is 5.82 Å². The molecule has 0 radical (unpaired) electrons. The summed E-state index contributed by atoms with van der Waals surface area (Å²) in [6.45, 7) is 15.2. The van der Waals surface area contributed by atoms with Crippen molar-refractivity contribution in [2.45, 2.75) is 47.0 Å². The van der Waals surface area contributed by atoms with Crippen molar-refractivity contribution < 1.29 is 25.8 Å². The normalized spacial score (nSPS) is 12.8. The second kappa shape index (κ2) is 12.1. The molecule has 7 heteroatoms. The summed E-state index contributed by atoms with van der Waals surface area (Å²) in [7, 11) is 2.06. The van der Waals surface area contributed by atoms with Crippen molar-refractivity contribution in [1.82, 2.24) is 14.8 Å². The predicted octanol–water partition coefficient (Wildman–Crippen LogP) is 9.41. The van der Waals surface area contributed by atoms with Gasteiger partial charge in [-0.25, -0.2) is 9.67 Å². The molecule has 6 aromatic rings. The topological polar surface area (TPSA) is 46.4 Å². The number of para-hydroxylation sites is 2. The summed E-state index contributed by atoms with van der Waals surface area (Å²) in [6, 6.07) is 32.2.